The van der Waals surface area contributed by atoms with E-state index in [-0.39, 0.29) is 13.2 Å². The van der Waals surface area contributed by atoms with E-state index >= 15 is 0 Å². The van der Waals surface area contributed by atoms with Crippen molar-refractivity contribution in [3.63, 3.8) is 0 Å². The third kappa shape index (κ3) is 1.86. The highest BCUT2D eigenvalue weighted by Gasteiger charge is 2.35. The standard InChI is InChI=1S/C6H12O4S/c7-1-4-6(11)5(9)3(8)2-10-4/h3-9,11H,1-2H2/t3-,4+,5+,6-/m0/s1. The van der Waals surface area contributed by atoms with Crippen molar-refractivity contribution in [1.82, 2.24) is 0 Å². The Morgan fingerprint density at radius 1 is 1.45 bits per heavy atom. The first kappa shape index (κ1) is 9.28. The first-order chi connectivity index (χ1) is 5.16. The summed E-state index contributed by atoms with van der Waals surface area (Å²) in [7, 11) is 0. The van der Waals surface area contributed by atoms with Gasteiger partial charge in [0.05, 0.1) is 30.7 Å². The van der Waals surface area contributed by atoms with Gasteiger partial charge in [0.2, 0.25) is 0 Å². The van der Waals surface area contributed by atoms with E-state index < -0.39 is 23.6 Å². The van der Waals surface area contributed by atoms with Crippen molar-refractivity contribution in [3.8, 4) is 0 Å². The van der Waals surface area contributed by atoms with Crippen LogP contribution in [0.1, 0.15) is 0 Å². The van der Waals surface area contributed by atoms with Gasteiger partial charge in [0.25, 0.3) is 0 Å². The molecule has 0 saturated carbocycles. The number of thiol groups is 1. The van der Waals surface area contributed by atoms with Gasteiger partial charge in [0.15, 0.2) is 0 Å². The first-order valence-corrected chi connectivity index (χ1v) is 3.95. The molecule has 0 aromatic heterocycles. The minimum Gasteiger partial charge on any atom is -0.394 e. The summed E-state index contributed by atoms with van der Waals surface area (Å²) in [6.07, 6.45) is -2.28. The first-order valence-electron chi connectivity index (χ1n) is 3.43. The van der Waals surface area contributed by atoms with E-state index in [1.165, 1.54) is 0 Å². The van der Waals surface area contributed by atoms with Crippen LogP contribution in [0.5, 0.6) is 0 Å². The van der Waals surface area contributed by atoms with E-state index in [1.807, 2.05) is 0 Å². The SMILES string of the molecule is OC[C@H]1OC[C@H](O)[C@@H](O)[C@H]1S. The minimum absolute atomic E-state index is 0.0590. The second kappa shape index (κ2) is 3.73. The van der Waals surface area contributed by atoms with Crippen molar-refractivity contribution in [3.05, 3.63) is 0 Å². The zero-order chi connectivity index (χ0) is 8.43. The summed E-state index contributed by atoms with van der Waals surface area (Å²) in [4.78, 5) is 0. The van der Waals surface area contributed by atoms with E-state index in [1.54, 1.807) is 0 Å². The fraction of sp³-hybridized carbons (Fsp3) is 1.00. The molecule has 1 aliphatic rings. The molecule has 0 aromatic rings. The molecule has 0 aliphatic carbocycles. The predicted octanol–water partition coefficient (Wildman–Crippen LogP) is -1.60. The topological polar surface area (TPSA) is 69.9 Å². The fourth-order valence-corrected chi connectivity index (χ4v) is 1.41. The molecule has 1 saturated heterocycles. The predicted molar refractivity (Wildman–Crippen MR) is 41.6 cm³/mol. The van der Waals surface area contributed by atoms with Crippen LogP contribution in [0, 0.1) is 0 Å². The summed E-state index contributed by atoms with van der Waals surface area (Å²) in [6, 6.07) is 0. The highest BCUT2D eigenvalue weighted by Crippen LogP contribution is 2.19. The molecular formula is C6H12O4S. The maximum absolute atomic E-state index is 9.23. The number of hydrogen-bond acceptors (Lipinski definition) is 5. The van der Waals surface area contributed by atoms with Gasteiger partial charge in [-0.15, -0.1) is 0 Å². The molecule has 66 valence electrons. The van der Waals surface area contributed by atoms with Crippen LogP contribution in [0.25, 0.3) is 0 Å². The second-order valence-electron chi connectivity index (χ2n) is 2.60. The molecule has 0 radical (unpaired) electrons. The lowest BCUT2D eigenvalue weighted by Crippen LogP contribution is -2.51. The van der Waals surface area contributed by atoms with Gasteiger partial charge in [-0.25, -0.2) is 0 Å². The van der Waals surface area contributed by atoms with Crippen molar-refractivity contribution < 1.29 is 20.1 Å². The highest BCUT2D eigenvalue weighted by molar-refractivity contribution is 7.81. The average Bonchev–Trinajstić information content (AvgIpc) is 2.01. The molecule has 0 amide bonds. The van der Waals surface area contributed by atoms with E-state index in [2.05, 4.69) is 12.6 Å². The van der Waals surface area contributed by atoms with Crippen molar-refractivity contribution in [2.24, 2.45) is 0 Å². The van der Waals surface area contributed by atoms with E-state index in [4.69, 9.17) is 14.9 Å². The summed E-state index contributed by atoms with van der Waals surface area (Å²) in [5, 5.41) is 26.5. The van der Waals surface area contributed by atoms with Gasteiger partial charge in [0.1, 0.15) is 6.10 Å². The Labute approximate surface area is 70.2 Å². The molecule has 4 atom stereocenters. The third-order valence-electron chi connectivity index (χ3n) is 1.79. The van der Waals surface area contributed by atoms with Crippen LogP contribution in [0.2, 0.25) is 0 Å². The number of rotatable bonds is 1. The fourth-order valence-electron chi connectivity index (χ4n) is 1.03. The van der Waals surface area contributed by atoms with Gasteiger partial charge in [-0.3, -0.25) is 0 Å². The Morgan fingerprint density at radius 3 is 2.64 bits per heavy atom. The lowest BCUT2D eigenvalue weighted by atomic mass is 10.0. The van der Waals surface area contributed by atoms with E-state index in [0.717, 1.165) is 0 Å². The van der Waals surface area contributed by atoms with Gasteiger partial charge >= 0.3 is 0 Å². The zero-order valence-corrected chi connectivity index (χ0v) is 6.82. The van der Waals surface area contributed by atoms with Crippen molar-refractivity contribution >= 4 is 12.6 Å². The van der Waals surface area contributed by atoms with Crippen molar-refractivity contribution in [2.75, 3.05) is 13.2 Å². The Hall–Kier alpha value is 0.190. The van der Waals surface area contributed by atoms with Crippen LogP contribution in [0.15, 0.2) is 0 Å². The van der Waals surface area contributed by atoms with Crippen LogP contribution in [0.3, 0.4) is 0 Å². The number of hydrogen-bond donors (Lipinski definition) is 4. The second-order valence-corrected chi connectivity index (χ2v) is 3.20. The lowest BCUT2D eigenvalue weighted by Gasteiger charge is -2.34. The summed E-state index contributed by atoms with van der Waals surface area (Å²) in [5.74, 6) is 0. The summed E-state index contributed by atoms with van der Waals surface area (Å²) in [6.45, 7) is -0.124. The molecule has 1 heterocycles. The van der Waals surface area contributed by atoms with Crippen LogP contribution < -0.4 is 0 Å². The van der Waals surface area contributed by atoms with Crippen LogP contribution in [-0.2, 0) is 4.74 Å². The molecule has 3 N–H and O–H groups in total. The Morgan fingerprint density at radius 2 is 2.09 bits per heavy atom. The smallest absolute Gasteiger partial charge is 0.104 e. The molecule has 0 aromatic carbocycles. The van der Waals surface area contributed by atoms with Crippen molar-refractivity contribution in [1.29, 1.82) is 0 Å². The van der Waals surface area contributed by atoms with Gasteiger partial charge < -0.3 is 20.1 Å². The minimum atomic E-state index is -0.913. The Kier molecular flexibility index (Phi) is 3.15. The summed E-state index contributed by atoms with van der Waals surface area (Å²) >= 11 is 4.00. The van der Waals surface area contributed by atoms with Crippen LogP contribution in [0.4, 0.5) is 0 Å². The molecule has 0 spiro atoms. The van der Waals surface area contributed by atoms with Gasteiger partial charge in [0, 0.05) is 0 Å². The maximum atomic E-state index is 9.23. The molecule has 5 heteroatoms. The van der Waals surface area contributed by atoms with Gasteiger partial charge in [-0.05, 0) is 0 Å². The third-order valence-corrected chi connectivity index (χ3v) is 2.42. The number of aliphatic hydroxyl groups excluding tert-OH is 3. The molecule has 1 aliphatic heterocycles. The quantitative estimate of drug-likeness (QED) is 0.367. The highest BCUT2D eigenvalue weighted by atomic mass is 32.1. The molecule has 0 bridgehead atoms. The Bertz CT molecular complexity index is 130. The zero-order valence-electron chi connectivity index (χ0n) is 5.92. The Balaban J connectivity index is 2.52. The molecule has 1 fully saturated rings. The lowest BCUT2D eigenvalue weighted by molar-refractivity contribution is -0.125. The summed E-state index contributed by atoms with van der Waals surface area (Å²) < 4.78 is 4.99. The molecule has 4 nitrogen and oxygen atoms in total. The number of aliphatic hydroxyl groups is 3. The van der Waals surface area contributed by atoms with Gasteiger partial charge in [-0.1, -0.05) is 0 Å². The van der Waals surface area contributed by atoms with E-state index in [9.17, 15) is 5.11 Å². The van der Waals surface area contributed by atoms with Crippen molar-refractivity contribution in [2.45, 2.75) is 23.6 Å². The average molecular weight is 180 g/mol. The van der Waals surface area contributed by atoms with Gasteiger partial charge in [-0.2, -0.15) is 12.6 Å². The normalized spacial score (nSPS) is 45.8. The van der Waals surface area contributed by atoms with Crippen LogP contribution >= 0.6 is 12.6 Å². The molecular weight excluding hydrogens is 168 g/mol. The monoisotopic (exact) mass is 180 g/mol. The van der Waals surface area contributed by atoms with Crippen LogP contribution in [-0.4, -0.2) is 52.1 Å². The van der Waals surface area contributed by atoms with E-state index in [0.29, 0.717) is 0 Å². The molecule has 1 rings (SSSR count). The molecule has 11 heavy (non-hydrogen) atoms. The number of ether oxygens (including phenoxy) is 1. The largest absolute Gasteiger partial charge is 0.394 e. The summed E-state index contributed by atoms with van der Waals surface area (Å²) in [5.41, 5.74) is 0. The maximum Gasteiger partial charge on any atom is 0.104 e. The molecule has 0 unspecified atom stereocenters.